The van der Waals surface area contributed by atoms with E-state index < -0.39 is 0 Å². The smallest absolute Gasteiger partial charge is 0.0254 e. The molecule has 0 aliphatic heterocycles. The zero-order valence-corrected chi connectivity index (χ0v) is 6.37. The highest BCUT2D eigenvalue weighted by molar-refractivity contribution is 9.09. The van der Waals surface area contributed by atoms with E-state index in [2.05, 4.69) is 15.9 Å². The first-order chi connectivity index (χ1) is 3.38. The second-order valence-electron chi connectivity index (χ2n) is 2.06. The number of alkyl halides is 2. The Morgan fingerprint density at radius 2 is 2.29 bits per heavy atom. The Labute approximate surface area is 57.4 Å². The lowest BCUT2D eigenvalue weighted by molar-refractivity contribution is 0.857. The summed E-state index contributed by atoms with van der Waals surface area (Å²) in [6, 6.07) is 0. The van der Waals surface area contributed by atoms with Gasteiger partial charge in [0, 0.05) is 11.2 Å². The third-order valence-electron chi connectivity index (χ3n) is 1.47. The van der Waals surface area contributed by atoms with Crippen LogP contribution in [-0.2, 0) is 0 Å². The molecule has 0 bridgehead atoms. The molecule has 0 radical (unpaired) electrons. The van der Waals surface area contributed by atoms with Gasteiger partial charge < -0.3 is 0 Å². The molecule has 1 fully saturated rings. The zero-order chi connectivity index (χ0) is 5.28. The van der Waals surface area contributed by atoms with Gasteiger partial charge >= 0.3 is 0 Å². The second kappa shape index (κ2) is 2.36. The van der Waals surface area contributed by atoms with Crippen LogP contribution in [0.3, 0.4) is 0 Å². The first kappa shape index (κ1) is 5.90. The van der Waals surface area contributed by atoms with Gasteiger partial charge in [-0.05, 0) is 18.3 Å². The van der Waals surface area contributed by atoms with E-state index in [1.807, 2.05) is 0 Å². The molecule has 0 saturated heterocycles. The van der Waals surface area contributed by atoms with Gasteiger partial charge in [-0.15, -0.1) is 11.6 Å². The lowest BCUT2D eigenvalue weighted by Gasteiger charge is -1.82. The molecule has 0 aromatic heterocycles. The molecule has 1 aliphatic rings. The Balaban J connectivity index is 2.06. The van der Waals surface area contributed by atoms with Gasteiger partial charge in [-0.25, -0.2) is 0 Å². The van der Waals surface area contributed by atoms with Crippen molar-refractivity contribution < 1.29 is 0 Å². The van der Waals surface area contributed by atoms with Crippen molar-refractivity contribution in [2.75, 3.05) is 11.2 Å². The van der Waals surface area contributed by atoms with Crippen LogP contribution in [0.4, 0.5) is 0 Å². The normalized spacial score (nSPS) is 38.6. The van der Waals surface area contributed by atoms with E-state index in [9.17, 15) is 0 Å². The van der Waals surface area contributed by atoms with E-state index in [1.165, 1.54) is 6.42 Å². The largest absolute Gasteiger partial charge is 0.126 e. The lowest BCUT2D eigenvalue weighted by Crippen LogP contribution is -1.82. The van der Waals surface area contributed by atoms with E-state index >= 15 is 0 Å². The van der Waals surface area contributed by atoms with Gasteiger partial charge in [0.2, 0.25) is 0 Å². The molecule has 1 saturated carbocycles. The fourth-order valence-corrected chi connectivity index (χ4v) is 1.86. The van der Waals surface area contributed by atoms with Gasteiger partial charge in [0.05, 0.1) is 0 Å². The van der Waals surface area contributed by atoms with E-state index in [1.54, 1.807) is 0 Å². The Morgan fingerprint density at radius 1 is 1.57 bits per heavy atom. The molecule has 0 spiro atoms. The minimum Gasteiger partial charge on any atom is -0.126 e. The van der Waals surface area contributed by atoms with Gasteiger partial charge in [0.15, 0.2) is 0 Å². The third kappa shape index (κ3) is 1.33. The standard InChI is InChI=1S/C5H8BrCl/c6-2-4-1-5(4)3-7/h4-5H,1-3H2. The van der Waals surface area contributed by atoms with Gasteiger partial charge in [-0.3, -0.25) is 0 Å². The summed E-state index contributed by atoms with van der Waals surface area (Å²) in [5.74, 6) is 2.59. The van der Waals surface area contributed by atoms with Crippen LogP contribution in [0.1, 0.15) is 6.42 Å². The van der Waals surface area contributed by atoms with Crippen molar-refractivity contribution in [1.82, 2.24) is 0 Å². The summed E-state index contributed by atoms with van der Waals surface area (Å²) in [7, 11) is 0. The van der Waals surface area contributed by atoms with Crippen molar-refractivity contribution in [3.63, 3.8) is 0 Å². The molecule has 7 heavy (non-hydrogen) atoms. The van der Waals surface area contributed by atoms with Crippen molar-refractivity contribution in [3.8, 4) is 0 Å². The van der Waals surface area contributed by atoms with Crippen molar-refractivity contribution in [3.05, 3.63) is 0 Å². The molecule has 2 heteroatoms. The molecular formula is C5H8BrCl. The average molecular weight is 183 g/mol. The van der Waals surface area contributed by atoms with Crippen LogP contribution in [0.2, 0.25) is 0 Å². The Kier molecular flexibility index (Phi) is 1.99. The number of hydrogen-bond donors (Lipinski definition) is 0. The topological polar surface area (TPSA) is 0 Å². The Bertz CT molecular complexity index is 57.1. The molecule has 0 aromatic carbocycles. The van der Waals surface area contributed by atoms with Crippen molar-refractivity contribution in [2.45, 2.75) is 6.42 Å². The van der Waals surface area contributed by atoms with E-state index in [0.29, 0.717) is 0 Å². The van der Waals surface area contributed by atoms with Crippen LogP contribution < -0.4 is 0 Å². The Hall–Kier alpha value is 0.770. The van der Waals surface area contributed by atoms with Gasteiger partial charge in [0.1, 0.15) is 0 Å². The van der Waals surface area contributed by atoms with Gasteiger partial charge in [-0.2, -0.15) is 0 Å². The first-order valence-corrected chi connectivity index (χ1v) is 4.16. The molecule has 0 amide bonds. The highest BCUT2D eigenvalue weighted by Crippen LogP contribution is 2.40. The van der Waals surface area contributed by atoms with E-state index in [-0.39, 0.29) is 0 Å². The Morgan fingerprint density at radius 3 is 2.43 bits per heavy atom. The fourth-order valence-electron chi connectivity index (χ4n) is 0.688. The molecular weight excluding hydrogens is 175 g/mol. The summed E-state index contributed by atoms with van der Waals surface area (Å²) >= 11 is 8.95. The van der Waals surface area contributed by atoms with Gasteiger partial charge in [-0.1, -0.05) is 15.9 Å². The minimum atomic E-state index is 0.834. The predicted molar refractivity (Wildman–Crippen MR) is 36.1 cm³/mol. The molecule has 42 valence electrons. The number of hydrogen-bond acceptors (Lipinski definition) is 0. The molecule has 2 unspecified atom stereocenters. The SMILES string of the molecule is ClCC1CC1CBr. The number of halogens is 2. The predicted octanol–water partition coefficient (Wildman–Crippen LogP) is 2.26. The minimum absolute atomic E-state index is 0.834. The lowest BCUT2D eigenvalue weighted by atomic mass is 10.4. The van der Waals surface area contributed by atoms with E-state index in [0.717, 1.165) is 23.0 Å². The van der Waals surface area contributed by atoms with E-state index in [4.69, 9.17) is 11.6 Å². The summed E-state index contributed by atoms with van der Waals surface area (Å²) in [4.78, 5) is 0. The molecule has 0 N–H and O–H groups in total. The maximum Gasteiger partial charge on any atom is 0.0254 e. The second-order valence-corrected chi connectivity index (χ2v) is 3.02. The summed E-state index contributed by atoms with van der Waals surface area (Å²) < 4.78 is 0. The summed E-state index contributed by atoms with van der Waals surface area (Å²) in [6.07, 6.45) is 1.34. The maximum atomic E-state index is 5.55. The highest BCUT2D eigenvalue weighted by atomic mass is 79.9. The molecule has 0 aromatic rings. The average Bonchev–Trinajstić information content (AvgIpc) is 2.43. The van der Waals surface area contributed by atoms with Crippen LogP contribution in [-0.4, -0.2) is 11.2 Å². The monoisotopic (exact) mass is 182 g/mol. The van der Waals surface area contributed by atoms with Crippen LogP contribution in [0.15, 0.2) is 0 Å². The molecule has 0 heterocycles. The highest BCUT2D eigenvalue weighted by Gasteiger charge is 2.34. The van der Waals surface area contributed by atoms with Crippen LogP contribution in [0.25, 0.3) is 0 Å². The molecule has 2 atom stereocenters. The van der Waals surface area contributed by atoms with Crippen LogP contribution >= 0.6 is 27.5 Å². The van der Waals surface area contributed by atoms with Crippen molar-refractivity contribution in [2.24, 2.45) is 11.8 Å². The molecule has 0 nitrogen and oxygen atoms in total. The van der Waals surface area contributed by atoms with Crippen molar-refractivity contribution >= 4 is 27.5 Å². The van der Waals surface area contributed by atoms with Crippen LogP contribution in [0, 0.1) is 11.8 Å². The fraction of sp³-hybridized carbons (Fsp3) is 1.00. The summed E-state index contributed by atoms with van der Waals surface area (Å²) in [6.45, 7) is 0. The number of rotatable bonds is 2. The van der Waals surface area contributed by atoms with Gasteiger partial charge in [0.25, 0.3) is 0 Å². The molecule has 1 rings (SSSR count). The summed E-state index contributed by atoms with van der Waals surface area (Å²) in [5, 5.41) is 1.14. The maximum absolute atomic E-state index is 5.55. The quantitative estimate of drug-likeness (QED) is 0.576. The zero-order valence-electron chi connectivity index (χ0n) is 4.03. The first-order valence-electron chi connectivity index (χ1n) is 2.50. The summed E-state index contributed by atoms with van der Waals surface area (Å²) in [5.41, 5.74) is 0. The van der Waals surface area contributed by atoms with Crippen molar-refractivity contribution in [1.29, 1.82) is 0 Å². The molecule has 1 aliphatic carbocycles. The van der Waals surface area contributed by atoms with Crippen LogP contribution in [0.5, 0.6) is 0 Å². The third-order valence-corrected chi connectivity index (χ3v) is 2.69.